The zero-order chi connectivity index (χ0) is 7.82. The predicted octanol–water partition coefficient (Wildman–Crippen LogP) is 2.76. The van der Waals surface area contributed by atoms with Crippen molar-refractivity contribution < 1.29 is 4.74 Å². The summed E-state index contributed by atoms with van der Waals surface area (Å²) in [7, 11) is 6.45. The molecule has 0 bridgehead atoms. The van der Waals surface area contributed by atoms with Gasteiger partial charge in [0.2, 0.25) is 0 Å². The molecule has 0 spiro atoms. The molecule has 0 aliphatic rings. The molecule has 0 rings (SSSR count). The third kappa shape index (κ3) is 6.09. The molecule has 0 aromatic rings. The van der Waals surface area contributed by atoms with Crippen molar-refractivity contribution in [2.24, 2.45) is 5.92 Å². The molecule has 0 heterocycles. The fourth-order valence-electron chi connectivity index (χ4n) is 1.14. The van der Waals surface area contributed by atoms with E-state index in [4.69, 9.17) is 7.11 Å². The lowest BCUT2D eigenvalue weighted by Crippen LogP contribution is -1.96. The first-order valence-corrected chi connectivity index (χ1v) is 4.09. The first-order chi connectivity index (χ1) is 4.81. The SMILES string of the molecule is [C]OCCCC(C)CCC. The molecule has 0 fully saturated rings. The van der Waals surface area contributed by atoms with Crippen LogP contribution in [0.5, 0.6) is 0 Å². The van der Waals surface area contributed by atoms with Crippen LogP contribution in [0.15, 0.2) is 0 Å². The van der Waals surface area contributed by atoms with Crippen molar-refractivity contribution in [2.45, 2.75) is 39.5 Å². The Morgan fingerprint density at radius 1 is 1.40 bits per heavy atom. The number of hydrogen-bond acceptors (Lipinski definition) is 1. The summed E-state index contributed by atoms with van der Waals surface area (Å²) in [6.07, 6.45) is 4.80. The molecule has 1 atom stereocenters. The molecule has 0 N–H and O–H groups in total. The molecule has 0 saturated heterocycles. The molecule has 0 aliphatic carbocycles. The van der Waals surface area contributed by atoms with Gasteiger partial charge in [0.25, 0.3) is 0 Å². The standard InChI is InChI=1S/C9H17O/c1-4-6-9(2)7-5-8-10-3/h9H,4-8H2,1-2H3. The van der Waals surface area contributed by atoms with Gasteiger partial charge >= 0.3 is 0 Å². The van der Waals surface area contributed by atoms with Crippen molar-refractivity contribution in [3.8, 4) is 0 Å². The van der Waals surface area contributed by atoms with Crippen LogP contribution in [0.1, 0.15) is 39.5 Å². The molecule has 1 unspecified atom stereocenters. The lowest BCUT2D eigenvalue weighted by molar-refractivity contribution is 0.226. The normalized spacial score (nSPS) is 13.5. The minimum Gasteiger partial charge on any atom is -0.365 e. The molecule has 0 aromatic heterocycles. The summed E-state index contributed by atoms with van der Waals surface area (Å²) in [4.78, 5) is 0. The van der Waals surface area contributed by atoms with Crippen molar-refractivity contribution in [3.05, 3.63) is 7.11 Å². The van der Waals surface area contributed by atoms with Crippen LogP contribution in [-0.2, 0) is 4.74 Å². The van der Waals surface area contributed by atoms with Gasteiger partial charge in [-0.05, 0) is 18.8 Å². The summed E-state index contributed by atoms with van der Waals surface area (Å²) in [6, 6.07) is 0. The zero-order valence-corrected chi connectivity index (χ0v) is 7.02. The Balaban J connectivity index is 2.97. The van der Waals surface area contributed by atoms with Gasteiger partial charge in [-0.25, -0.2) is 0 Å². The Morgan fingerprint density at radius 2 is 2.10 bits per heavy atom. The van der Waals surface area contributed by atoms with Crippen molar-refractivity contribution in [3.63, 3.8) is 0 Å². The van der Waals surface area contributed by atoms with Gasteiger partial charge in [-0.15, -0.1) is 0 Å². The van der Waals surface area contributed by atoms with Crippen molar-refractivity contribution in [1.82, 2.24) is 0 Å². The highest BCUT2D eigenvalue weighted by atomic mass is 16.5. The second-order valence-electron chi connectivity index (χ2n) is 2.88. The molecule has 0 aromatic carbocycles. The summed E-state index contributed by atoms with van der Waals surface area (Å²) in [5.74, 6) is 0.806. The highest BCUT2D eigenvalue weighted by molar-refractivity contribution is 4.51. The van der Waals surface area contributed by atoms with E-state index in [0.717, 1.165) is 12.3 Å². The van der Waals surface area contributed by atoms with Gasteiger partial charge in [0, 0.05) is 6.61 Å². The third-order valence-electron chi connectivity index (χ3n) is 1.72. The minimum absolute atomic E-state index is 0.591. The smallest absolute Gasteiger partial charge is 0.173 e. The molecule has 3 radical (unpaired) electrons. The molecular formula is C9H17O. The highest BCUT2D eigenvalue weighted by Gasteiger charge is 1.98. The van der Waals surface area contributed by atoms with Crippen molar-refractivity contribution in [1.29, 1.82) is 0 Å². The molecular weight excluding hydrogens is 124 g/mol. The van der Waals surface area contributed by atoms with Crippen LogP contribution in [-0.4, -0.2) is 6.61 Å². The maximum atomic E-state index is 6.45. The van der Waals surface area contributed by atoms with Gasteiger partial charge in [-0.2, -0.15) is 0 Å². The summed E-state index contributed by atoms with van der Waals surface area (Å²) < 4.78 is 4.22. The average Bonchev–Trinajstić information content (AvgIpc) is 1.89. The largest absolute Gasteiger partial charge is 0.365 e. The Kier molecular flexibility index (Phi) is 7.04. The summed E-state index contributed by atoms with van der Waals surface area (Å²) in [5, 5.41) is 0. The van der Waals surface area contributed by atoms with Gasteiger partial charge in [0.05, 0.1) is 0 Å². The second-order valence-corrected chi connectivity index (χ2v) is 2.88. The first kappa shape index (κ1) is 9.96. The monoisotopic (exact) mass is 141 g/mol. The zero-order valence-electron chi connectivity index (χ0n) is 7.02. The predicted molar refractivity (Wildman–Crippen MR) is 42.5 cm³/mol. The van der Waals surface area contributed by atoms with Gasteiger partial charge in [-0.3, -0.25) is 0 Å². The minimum atomic E-state index is 0.591. The second kappa shape index (κ2) is 7.07. The number of ether oxygens (including phenoxy) is 1. The maximum absolute atomic E-state index is 6.45. The van der Waals surface area contributed by atoms with Gasteiger partial charge < -0.3 is 4.74 Å². The van der Waals surface area contributed by atoms with Crippen LogP contribution in [0.25, 0.3) is 0 Å². The van der Waals surface area contributed by atoms with E-state index in [1.807, 2.05) is 0 Å². The molecule has 1 heteroatoms. The van der Waals surface area contributed by atoms with Gasteiger partial charge in [0.1, 0.15) is 0 Å². The molecule has 1 nitrogen and oxygen atoms in total. The van der Waals surface area contributed by atoms with Crippen molar-refractivity contribution >= 4 is 0 Å². The van der Waals surface area contributed by atoms with E-state index in [2.05, 4.69) is 18.6 Å². The van der Waals surface area contributed by atoms with Crippen LogP contribution < -0.4 is 0 Å². The van der Waals surface area contributed by atoms with Crippen LogP contribution in [0, 0.1) is 13.0 Å². The third-order valence-corrected chi connectivity index (χ3v) is 1.72. The lowest BCUT2D eigenvalue weighted by Gasteiger charge is -2.07. The van der Waals surface area contributed by atoms with E-state index in [9.17, 15) is 0 Å². The number of hydrogen-bond donors (Lipinski definition) is 0. The topological polar surface area (TPSA) is 9.23 Å². The van der Waals surface area contributed by atoms with Crippen LogP contribution in [0.2, 0.25) is 0 Å². The van der Waals surface area contributed by atoms with Crippen LogP contribution in [0.3, 0.4) is 0 Å². The summed E-state index contributed by atoms with van der Waals surface area (Å²) in [6.45, 7) is 5.05. The Bertz CT molecular complexity index is 61.7. The highest BCUT2D eigenvalue weighted by Crippen LogP contribution is 2.11. The Labute approximate surface area is 64.8 Å². The Morgan fingerprint density at radius 3 is 2.60 bits per heavy atom. The maximum Gasteiger partial charge on any atom is 0.173 e. The van der Waals surface area contributed by atoms with E-state index < -0.39 is 0 Å². The van der Waals surface area contributed by atoms with E-state index in [-0.39, 0.29) is 0 Å². The quantitative estimate of drug-likeness (QED) is 0.517. The Hall–Kier alpha value is -0.0400. The van der Waals surface area contributed by atoms with Crippen molar-refractivity contribution in [2.75, 3.05) is 6.61 Å². The summed E-state index contributed by atoms with van der Waals surface area (Å²) in [5.41, 5.74) is 0. The fourth-order valence-corrected chi connectivity index (χ4v) is 1.14. The van der Waals surface area contributed by atoms with Crippen LogP contribution in [0.4, 0.5) is 0 Å². The van der Waals surface area contributed by atoms with E-state index in [1.54, 1.807) is 0 Å². The molecule has 0 amide bonds. The lowest BCUT2D eigenvalue weighted by atomic mass is 10.0. The fraction of sp³-hybridized carbons (Fsp3) is 0.889. The first-order valence-electron chi connectivity index (χ1n) is 4.09. The average molecular weight is 141 g/mol. The molecule has 10 heavy (non-hydrogen) atoms. The van der Waals surface area contributed by atoms with Gasteiger partial charge in [-0.1, -0.05) is 26.7 Å². The van der Waals surface area contributed by atoms with E-state index >= 15 is 0 Å². The molecule has 59 valence electrons. The molecule has 0 saturated carbocycles. The molecule has 0 aliphatic heterocycles. The van der Waals surface area contributed by atoms with Gasteiger partial charge in [0.15, 0.2) is 7.11 Å². The van der Waals surface area contributed by atoms with E-state index in [1.165, 1.54) is 19.3 Å². The number of rotatable bonds is 6. The van der Waals surface area contributed by atoms with Crippen LogP contribution >= 0.6 is 0 Å². The van der Waals surface area contributed by atoms with E-state index in [0.29, 0.717) is 6.61 Å². The summed E-state index contributed by atoms with van der Waals surface area (Å²) >= 11 is 0.